The first-order chi connectivity index (χ1) is 12.6. The molecule has 0 unspecified atom stereocenters. The summed E-state index contributed by atoms with van der Waals surface area (Å²) in [5.74, 6) is 4.57. The van der Waals surface area contributed by atoms with E-state index in [1.54, 1.807) is 37.3 Å². The number of fused-ring (bicyclic) bond motifs is 1. The van der Waals surface area contributed by atoms with Crippen LogP contribution in [0.15, 0.2) is 48.7 Å². The van der Waals surface area contributed by atoms with Crippen molar-refractivity contribution in [1.82, 2.24) is 4.98 Å². The van der Waals surface area contributed by atoms with Gasteiger partial charge in [-0.05, 0) is 49.2 Å². The standard InChI is InChI=1S/C20H13ClN4O/c1-2-4-19(26)24-16-7-8-18-17(10-16)20(13(11-22)12-23-18)25-15-6-3-5-14(21)9-15/h3,5-10,12H,1H3,(H,23,25)(H,24,26). The summed E-state index contributed by atoms with van der Waals surface area (Å²) in [6.45, 7) is 1.59. The number of hydrogen-bond donors (Lipinski definition) is 2. The molecule has 0 aliphatic carbocycles. The van der Waals surface area contributed by atoms with Crippen molar-refractivity contribution in [3.05, 3.63) is 59.2 Å². The van der Waals surface area contributed by atoms with Gasteiger partial charge in [0.1, 0.15) is 6.07 Å². The molecule has 0 radical (unpaired) electrons. The molecule has 0 saturated heterocycles. The van der Waals surface area contributed by atoms with Crippen molar-refractivity contribution in [2.24, 2.45) is 0 Å². The number of carbonyl (C=O) groups is 1. The van der Waals surface area contributed by atoms with Gasteiger partial charge in [0.25, 0.3) is 5.91 Å². The second-order valence-electron chi connectivity index (χ2n) is 5.36. The van der Waals surface area contributed by atoms with Crippen molar-refractivity contribution in [2.45, 2.75) is 6.92 Å². The topological polar surface area (TPSA) is 77.8 Å². The summed E-state index contributed by atoms with van der Waals surface area (Å²) in [5.41, 5.74) is 2.98. The third-order valence-electron chi connectivity index (χ3n) is 3.58. The van der Waals surface area contributed by atoms with Gasteiger partial charge in [-0.1, -0.05) is 23.6 Å². The minimum absolute atomic E-state index is 0.384. The summed E-state index contributed by atoms with van der Waals surface area (Å²) >= 11 is 6.04. The number of anilines is 3. The lowest BCUT2D eigenvalue weighted by atomic mass is 10.1. The minimum atomic E-state index is -0.402. The maximum absolute atomic E-state index is 11.7. The number of pyridine rings is 1. The highest BCUT2D eigenvalue weighted by Crippen LogP contribution is 2.31. The third-order valence-corrected chi connectivity index (χ3v) is 3.81. The number of benzene rings is 2. The van der Waals surface area contributed by atoms with Crippen LogP contribution >= 0.6 is 11.6 Å². The molecule has 126 valence electrons. The van der Waals surface area contributed by atoms with Gasteiger partial charge < -0.3 is 10.6 Å². The fourth-order valence-electron chi connectivity index (χ4n) is 2.48. The van der Waals surface area contributed by atoms with Crippen molar-refractivity contribution in [1.29, 1.82) is 5.26 Å². The second kappa shape index (κ2) is 7.57. The number of nitrogens with zero attached hydrogens (tertiary/aromatic N) is 2. The normalized spacial score (nSPS) is 9.73. The number of amides is 1. The average Bonchev–Trinajstić information content (AvgIpc) is 2.62. The molecule has 3 aromatic rings. The molecule has 26 heavy (non-hydrogen) atoms. The first-order valence-electron chi connectivity index (χ1n) is 7.70. The van der Waals surface area contributed by atoms with Gasteiger partial charge in [-0.15, -0.1) is 0 Å². The lowest BCUT2D eigenvalue weighted by Gasteiger charge is -2.13. The van der Waals surface area contributed by atoms with Gasteiger partial charge in [0, 0.05) is 28.0 Å². The zero-order valence-corrected chi connectivity index (χ0v) is 14.6. The van der Waals surface area contributed by atoms with Crippen LogP contribution in [-0.4, -0.2) is 10.9 Å². The summed E-state index contributed by atoms with van der Waals surface area (Å²) in [6, 6.07) is 14.6. The maximum atomic E-state index is 11.7. The van der Waals surface area contributed by atoms with Crippen LogP contribution in [0, 0.1) is 23.2 Å². The van der Waals surface area contributed by atoms with Gasteiger partial charge in [-0.3, -0.25) is 9.78 Å². The molecule has 0 spiro atoms. The van der Waals surface area contributed by atoms with E-state index in [0.717, 1.165) is 5.69 Å². The molecule has 0 saturated carbocycles. The number of aromatic nitrogens is 1. The Morgan fingerprint density at radius 1 is 1.19 bits per heavy atom. The van der Waals surface area contributed by atoms with Gasteiger partial charge in [-0.25, -0.2) is 0 Å². The molecule has 0 atom stereocenters. The van der Waals surface area contributed by atoms with Crippen LogP contribution in [0.2, 0.25) is 5.02 Å². The Labute approximate surface area is 155 Å². The molecule has 0 aliphatic rings. The van der Waals surface area contributed by atoms with Gasteiger partial charge in [0.2, 0.25) is 0 Å². The van der Waals surface area contributed by atoms with Gasteiger partial charge >= 0.3 is 0 Å². The fourth-order valence-corrected chi connectivity index (χ4v) is 2.67. The first-order valence-corrected chi connectivity index (χ1v) is 8.07. The molecule has 0 fully saturated rings. The van der Waals surface area contributed by atoms with E-state index in [4.69, 9.17) is 11.6 Å². The molecule has 5 nitrogen and oxygen atoms in total. The highest BCUT2D eigenvalue weighted by atomic mass is 35.5. The monoisotopic (exact) mass is 360 g/mol. The van der Waals surface area contributed by atoms with E-state index in [2.05, 4.69) is 33.5 Å². The summed E-state index contributed by atoms with van der Waals surface area (Å²) in [6.07, 6.45) is 1.51. The number of nitrogens with one attached hydrogen (secondary N) is 2. The fraction of sp³-hybridized carbons (Fsp3) is 0.0500. The van der Waals surface area contributed by atoms with Gasteiger partial charge in [0.15, 0.2) is 0 Å². The van der Waals surface area contributed by atoms with Crippen LogP contribution in [0.25, 0.3) is 10.9 Å². The summed E-state index contributed by atoms with van der Waals surface area (Å²) in [4.78, 5) is 16.0. The minimum Gasteiger partial charge on any atom is -0.354 e. The molecule has 1 amide bonds. The van der Waals surface area contributed by atoms with E-state index in [1.807, 2.05) is 12.1 Å². The Kier molecular flexibility index (Phi) is 5.03. The Bertz CT molecular complexity index is 1110. The van der Waals surface area contributed by atoms with Crippen molar-refractivity contribution in [3.8, 4) is 17.9 Å². The zero-order chi connectivity index (χ0) is 18.5. The number of carbonyl (C=O) groups excluding carboxylic acids is 1. The molecule has 0 bridgehead atoms. The highest BCUT2D eigenvalue weighted by molar-refractivity contribution is 6.30. The Balaban J connectivity index is 2.10. The number of halogens is 1. The van der Waals surface area contributed by atoms with Crippen LogP contribution < -0.4 is 10.6 Å². The van der Waals surface area contributed by atoms with Crippen molar-refractivity contribution < 1.29 is 4.79 Å². The largest absolute Gasteiger partial charge is 0.354 e. The van der Waals surface area contributed by atoms with Crippen LogP contribution in [0.3, 0.4) is 0 Å². The summed E-state index contributed by atoms with van der Waals surface area (Å²) in [5, 5.41) is 16.7. The first kappa shape index (κ1) is 17.3. The molecule has 1 heterocycles. The molecule has 0 aliphatic heterocycles. The lowest BCUT2D eigenvalue weighted by Crippen LogP contribution is -2.08. The van der Waals surface area contributed by atoms with E-state index in [1.165, 1.54) is 6.20 Å². The number of nitriles is 1. The van der Waals surface area contributed by atoms with Crippen LogP contribution in [-0.2, 0) is 4.79 Å². The molecule has 6 heteroatoms. The summed E-state index contributed by atoms with van der Waals surface area (Å²) in [7, 11) is 0. The quantitative estimate of drug-likeness (QED) is 0.676. The van der Waals surface area contributed by atoms with Crippen LogP contribution in [0.4, 0.5) is 17.1 Å². The Morgan fingerprint density at radius 3 is 2.77 bits per heavy atom. The van der Waals surface area contributed by atoms with Crippen molar-refractivity contribution in [3.63, 3.8) is 0 Å². The molecule has 2 N–H and O–H groups in total. The van der Waals surface area contributed by atoms with Crippen LogP contribution in [0.5, 0.6) is 0 Å². The number of hydrogen-bond acceptors (Lipinski definition) is 4. The van der Waals surface area contributed by atoms with Gasteiger partial charge in [0.05, 0.1) is 16.8 Å². The molecular formula is C20H13ClN4O. The Hall–Kier alpha value is -3.54. The summed E-state index contributed by atoms with van der Waals surface area (Å²) < 4.78 is 0. The van der Waals surface area contributed by atoms with Crippen LogP contribution in [0.1, 0.15) is 12.5 Å². The smallest absolute Gasteiger partial charge is 0.300 e. The molecule has 1 aromatic heterocycles. The van der Waals surface area contributed by atoms with E-state index in [9.17, 15) is 10.1 Å². The lowest BCUT2D eigenvalue weighted by molar-refractivity contribution is -0.111. The third kappa shape index (κ3) is 3.75. The van der Waals surface area contributed by atoms with Crippen molar-refractivity contribution in [2.75, 3.05) is 10.6 Å². The number of rotatable bonds is 3. The predicted molar refractivity (Wildman–Crippen MR) is 103 cm³/mol. The Morgan fingerprint density at radius 2 is 2.04 bits per heavy atom. The van der Waals surface area contributed by atoms with E-state index in [0.29, 0.717) is 32.9 Å². The highest BCUT2D eigenvalue weighted by Gasteiger charge is 2.11. The molecule has 2 aromatic carbocycles. The van der Waals surface area contributed by atoms with Gasteiger partial charge in [-0.2, -0.15) is 5.26 Å². The van der Waals surface area contributed by atoms with E-state index >= 15 is 0 Å². The van der Waals surface area contributed by atoms with E-state index in [-0.39, 0.29) is 0 Å². The maximum Gasteiger partial charge on any atom is 0.300 e. The average molecular weight is 361 g/mol. The molecule has 3 rings (SSSR count). The second-order valence-corrected chi connectivity index (χ2v) is 5.79. The van der Waals surface area contributed by atoms with Crippen molar-refractivity contribution >= 4 is 45.5 Å². The van der Waals surface area contributed by atoms with E-state index < -0.39 is 5.91 Å². The SMILES string of the molecule is CC#CC(=O)Nc1ccc2ncc(C#N)c(Nc3cccc(Cl)c3)c2c1. The zero-order valence-electron chi connectivity index (χ0n) is 13.8. The predicted octanol–water partition coefficient (Wildman–Crippen LogP) is 4.47. The molecular weight excluding hydrogens is 348 g/mol.